The highest BCUT2D eigenvalue weighted by atomic mass is 16.7. The number of ether oxygens (including phenoxy) is 3. The van der Waals surface area contributed by atoms with Crippen LogP contribution in [0.5, 0.6) is 17.2 Å². The molecule has 28 heavy (non-hydrogen) atoms. The molecule has 0 aliphatic carbocycles. The number of aliphatic hydroxyl groups excluding tert-OH is 5. The highest BCUT2D eigenvalue weighted by molar-refractivity contribution is 5.52. The summed E-state index contributed by atoms with van der Waals surface area (Å²) in [5.74, 6) is -0.895. The van der Waals surface area contributed by atoms with Gasteiger partial charge in [-0.05, 0) is 37.5 Å². The van der Waals surface area contributed by atoms with E-state index in [1.165, 1.54) is 12.1 Å². The van der Waals surface area contributed by atoms with Gasteiger partial charge in [-0.25, -0.2) is 0 Å². The summed E-state index contributed by atoms with van der Waals surface area (Å²) in [4.78, 5) is 0. The molecule has 0 radical (unpaired) electrons. The molecule has 1 aliphatic heterocycles. The van der Waals surface area contributed by atoms with E-state index >= 15 is 0 Å². The number of phenolic OH excluding ortho intramolecular Hbond substituents is 2. The lowest BCUT2D eigenvalue weighted by Gasteiger charge is -2.38. The van der Waals surface area contributed by atoms with Gasteiger partial charge in [-0.3, -0.25) is 0 Å². The van der Waals surface area contributed by atoms with E-state index in [-0.39, 0.29) is 23.9 Å². The maximum absolute atomic E-state index is 10.0. The molecule has 0 bridgehead atoms. The van der Waals surface area contributed by atoms with Crippen molar-refractivity contribution in [2.24, 2.45) is 0 Å². The molecule has 1 aliphatic rings. The Morgan fingerprint density at radius 3 is 2.18 bits per heavy atom. The van der Waals surface area contributed by atoms with E-state index in [0.717, 1.165) is 0 Å². The summed E-state index contributed by atoms with van der Waals surface area (Å²) in [6, 6.07) is 2.77. The van der Waals surface area contributed by atoms with Crippen LogP contribution >= 0.6 is 0 Å². The van der Waals surface area contributed by atoms with Crippen LogP contribution in [0.15, 0.2) is 12.1 Å². The molecule has 5 unspecified atom stereocenters. The normalized spacial score (nSPS) is 27.9. The number of aryl methyl sites for hydroxylation is 1. The molecular weight excluding hydrogens is 376 g/mol. The Morgan fingerprint density at radius 1 is 1.00 bits per heavy atom. The van der Waals surface area contributed by atoms with E-state index in [0.29, 0.717) is 18.4 Å². The van der Waals surface area contributed by atoms with Gasteiger partial charge in [-0.1, -0.05) is 0 Å². The minimum atomic E-state index is -1.37. The topological polar surface area (TPSA) is 169 Å². The van der Waals surface area contributed by atoms with Gasteiger partial charge in [-0.15, -0.1) is 0 Å². The Kier molecular flexibility index (Phi) is 8.25. The largest absolute Gasteiger partial charge is 0.504 e. The molecule has 10 nitrogen and oxygen atoms in total. The zero-order valence-corrected chi connectivity index (χ0v) is 15.5. The van der Waals surface area contributed by atoms with Gasteiger partial charge >= 0.3 is 0 Å². The van der Waals surface area contributed by atoms with Crippen molar-refractivity contribution < 1.29 is 50.0 Å². The molecule has 1 saturated heterocycles. The van der Waals surface area contributed by atoms with E-state index in [4.69, 9.17) is 24.4 Å². The van der Waals surface area contributed by atoms with Crippen molar-refractivity contribution in [2.75, 3.05) is 19.8 Å². The van der Waals surface area contributed by atoms with E-state index in [1.807, 2.05) is 0 Å². The van der Waals surface area contributed by atoms with Crippen molar-refractivity contribution >= 4 is 0 Å². The van der Waals surface area contributed by atoms with Gasteiger partial charge in [0.05, 0.1) is 25.9 Å². The molecule has 0 saturated carbocycles. The second-order valence-electron chi connectivity index (χ2n) is 6.72. The monoisotopic (exact) mass is 404 g/mol. The highest BCUT2D eigenvalue weighted by Gasteiger charge is 2.42. The van der Waals surface area contributed by atoms with Gasteiger partial charge in [0.25, 0.3) is 0 Å². The lowest BCUT2D eigenvalue weighted by molar-refractivity contribution is -0.293. The summed E-state index contributed by atoms with van der Waals surface area (Å²) >= 11 is 0. The number of hydrogen-bond acceptors (Lipinski definition) is 10. The maximum atomic E-state index is 10.0. The molecule has 10 heteroatoms. The first kappa shape index (κ1) is 22.6. The fourth-order valence-electron chi connectivity index (χ4n) is 2.85. The van der Waals surface area contributed by atoms with Crippen molar-refractivity contribution in [3.8, 4) is 17.2 Å². The van der Waals surface area contributed by atoms with Crippen LogP contribution in [0.1, 0.15) is 18.9 Å². The molecule has 1 fully saturated rings. The van der Waals surface area contributed by atoms with Crippen LogP contribution in [0.3, 0.4) is 0 Å². The summed E-state index contributed by atoms with van der Waals surface area (Å²) in [6.45, 7) is 0.763. The Balaban J connectivity index is 1.86. The van der Waals surface area contributed by atoms with Crippen molar-refractivity contribution in [3.63, 3.8) is 0 Å². The van der Waals surface area contributed by atoms with E-state index in [2.05, 4.69) is 0 Å². The highest BCUT2D eigenvalue weighted by Crippen LogP contribution is 2.38. The molecule has 160 valence electrons. The first-order valence-corrected chi connectivity index (χ1v) is 9.03. The maximum Gasteiger partial charge on any atom is 0.203 e. The third kappa shape index (κ3) is 5.45. The zero-order chi connectivity index (χ0) is 20.8. The molecule has 0 amide bonds. The van der Waals surface area contributed by atoms with Crippen molar-refractivity contribution in [2.45, 2.75) is 56.6 Å². The van der Waals surface area contributed by atoms with E-state index in [9.17, 15) is 25.5 Å². The lowest BCUT2D eigenvalue weighted by Crippen LogP contribution is -2.57. The standard InChI is InChI=1S/C18H28O10/c1-9-14(23)15(24)16(25)18(27-9)26-4-2-3-10-5-12(21)17(13(22)6-10)28-11(7-19)8-20/h5-6,9,11,14-16,18-25H,2-4,7-8H2,1H3. The number of hydrogen-bond donors (Lipinski definition) is 7. The van der Waals surface area contributed by atoms with Crippen molar-refractivity contribution in [1.29, 1.82) is 0 Å². The summed E-state index contributed by atoms with van der Waals surface area (Å²) in [5.41, 5.74) is 0.587. The number of aromatic hydroxyl groups is 2. The van der Waals surface area contributed by atoms with Crippen LogP contribution in [0, 0.1) is 0 Å². The summed E-state index contributed by atoms with van der Waals surface area (Å²) in [5, 5.41) is 67.3. The lowest BCUT2D eigenvalue weighted by atomic mass is 10.00. The van der Waals surface area contributed by atoms with Gasteiger partial charge in [-0.2, -0.15) is 0 Å². The van der Waals surface area contributed by atoms with E-state index < -0.39 is 50.0 Å². The summed E-state index contributed by atoms with van der Waals surface area (Å²) in [6.07, 6.45) is -5.79. The molecule has 5 atom stereocenters. The first-order chi connectivity index (χ1) is 13.3. The zero-order valence-electron chi connectivity index (χ0n) is 15.5. The molecule has 7 N–H and O–H groups in total. The van der Waals surface area contributed by atoms with Crippen molar-refractivity contribution in [3.05, 3.63) is 17.7 Å². The van der Waals surface area contributed by atoms with E-state index in [1.54, 1.807) is 6.92 Å². The molecule has 1 aromatic carbocycles. The molecule has 0 spiro atoms. The van der Waals surface area contributed by atoms with Crippen LogP contribution in [0.2, 0.25) is 0 Å². The number of benzene rings is 1. The number of aliphatic hydroxyl groups is 5. The number of rotatable bonds is 9. The molecule has 1 aromatic rings. The molecule has 0 aromatic heterocycles. The second kappa shape index (κ2) is 10.2. The molecule has 1 heterocycles. The smallest absolute Gasteiger partial charge is 0.203 e. The average molecular weight is 404 g/mol. The van der Waals surface area contributed by atoms with Crippen LogP contribution in [0.25, 0.3) is 0 Å². The Morgan fingerprint density at radius 2 is 1.61 bits per heavy atom. The summed E-state index contributed by atoms with van der Waals surface area (Å²) in [7, 11) is 0. The second-order valence-corrected chi connectivity index (χ2v) is 6.72. The predicted molar refractivity (Wildman–Crippen MR) is 95.0 cm³/mol. The van der Waals surface area contributed by atoms with Crippen LogP contribution in [-0.4, -0.2) is 92.4 Å². The minimum absolute atomic E-state index is 0.161. The average Bonchev–Trinajstić information content (AvgIpc) is 2.67. The Hall–Kier alpha value is -1.66. The fourth-order valence-corrected chi connectivity index (χ4v) is 2.85. The summed E-state index contributed by atoms with van der Waals surface area (Å²) < 4.78 is 15.9. The minimum Gasteiger partial charge on any atom is -0.504 e. The third-order valence-electron chi connectivity index (χ3n) is 4.50. The Labute approximate surface area is 162 Å². The first-order valence-electron chi connectivity index (χ1n) is 9.03. The van der Waals surface area contributed by atoms with Gasteiger partial charge in [0.15, 0.2) is 17.8 Å². The molecule has 2 rings (SSSR count). The van der Waals surface area contributed by atoms with Crippen molar-refractivity contribution in [1.82, 2.24) is 0 Å². The van der Waals surface area contributed by atoms with Gasteiger partial charge in [0.2, 0.25) is 5.75 Å². The van der Waals surface area contributed by atoms with Gasteiger partial charge in [0, 0.05) is 0 Å². The van der Waals surface area contributed by atoms with Gasteiger partial charge in [0.1, 0.15) is 24.4 Å². The van der Waals surface area contributed by atoms with Crippen LogP contribution in [0.4, 0.5) is 0 Å². The predicted octanol–water partition coefficient (Wildman–Crippen LogP) is -1.39. The molecular formula is C18H28O10. The third-order valence-corrected chi connectivity index (χ3v) is 4.50. The number of phenols is 2. The Bertz CT molecular complexity index is 597. The van der Waals surface area contributed by atoms with Crippen LogP contribution in [-0.2, 0) is 15.9 Å². The fraction of sp³-hybridized carbons (Fsp3) is 0.667. The quantitative estimate of drug-likeness (QED) is 0.243. The van der Waals surface area contributed by atoms with Crippen LogP contribution < -0.4 is 4.74 Å². The van der Waals surface area contributed by atoms with Gasteiger partial charge < -0.3 is 50.0 Å². The SMILES string of the molecule is CC1OC(OCCCc2cc(O)c(OC(CO)CO)c(O)c2)C(O)C(O)C1O.